The Kier molecular flexibility index (Phi) is 3.42. The highest BCUT2D eigenvalue weighted by molar-refractivity contribution is 6.13. The van der Waals surface area contributed by atoms with Gasteiger partial charge in [-0.1, -0.05) is 12.1 Å². The number of hydrogen-bond acceptors (Lipinski definition) is 2. The highest BCUT2D eigenvalue weighted by atomic mass is 16.4. The topological polar surface area (TPSA) is 59.3 Å². The largest absolute Gasteiger partial charge is 0.478 e. The minimum Gasteiger partial charge on any atom is -0.478 e. The van der Waals surface area contributed by atoms with Gasteiger partial charge in [0.15, 0.2) is 5.78 Å². The zero-order chi connectivity index (χ0) is 15.2. The molecule has 0 aliphatic rings. The first-order chi connectivity index (χ1) is 9.27. The monoisotopic (exact) mass is 273 g/mol. The first-order valence-corrected chi connectivity index (χ1v) is 6.65. The number of aryl methyl sites for hydroxylation is 1. The molecule has 0 atom stereocenters. The number of hydrogen-bond donors (Lipinski definition) is 1. The third-order valence-electron chi connectivity index (χ3n) is 3.70. The Bertz CT molecular complexity index is 723. The van der Waals surface area contributed by atoms with E-state index in [0.29, 0.717) is 16.6 Å². The van der Waals surface area contributed by atoms with E-state index in [4.69, 9.17) is 0 Å². The van der Waals surface area contributed by atoms with Crippen LogP contribution in [0.2, 0.25) is 0 Å². The Morgan fingerprint density at radius 2 is 1.75 bits per heavy atom. The van der Waals surface area contributed by atoms with E-state index >= 15 is 0 Å². The number of aromatic nitrogens is 1. The summed E-state index contributed by atoms with van der Waals surface area (Å²) in [5.74, 6) is -0.991. The van der Waals surface area contributed by atoms with Gasteiger partial charge in [-0.2, -0.15) is 0 Å². The molecule has 0 bridgehead atoms. The van der Waals surface area contributed by atoms with Gasteiger partial charge in [0.05, 0.1) is 11.1 Å². The summed E-state index contributed by atoms with van der Waals surface area (Å²) in [6.45, 7) is 9.16. The number of aromatic carboxylic acids is 1. The van der Waals surface area contributed by atoms with Crippen molar-refractivity contribution in [1.29, 1.82) is 0 Å². The molecule has 106 valence electrons. The zero-order valence-corrected chi connectivity index (χ0v) is 12.4. The van der Waals surface area contributed by atoms with Crippen LogP contribution < -0.4 is 0 Å². The summed E-state index contributed by atoms with van der Waals surface area (Å²) in [5.41, 5.74) is 3.09. The van der Waals surface area contributed by atoms with Gasteiger partial charge in [-0.05, 0) is 40.2 Å². The molecule has 0 saturated heterocycles. The van der Waals surface area contributed by atoms with Crippen LogP contribution in [0.5, 0.6) is 0 Å². The first kappa shape index (κ1) is 14.3. The van der Waals surface area contributed by atoms with Gasteiger partial charge in [-0.25, -0.2) is 4.79 Å². The van der Waals surface area contributed by atoms with Crippen molar-refractivity contribution in [1.82, 2.24) is 4.57 Å². The highest BCUT2D eigenvalue weighted by Gasteiger charge is 2.24. The van der Waals surface area contributed by atoms with Crippen molar-refractivity contribution in [3.05, 3.63) is 34.5 Å². The molecule has 0 aliphatic heterocycles. The van der Waals surface area contributed by atoms with Crippen molar-refractivity contribution < 1.29 is 14.7 Å². The van der Waals surface area contributed by atoms with Gasteiger partial charge in [0.1, 0.15) is 0 Å². The summed E-state index contributed by atoms with van der Waals surface area (Å²) in [7, 11) is 0. The molecule has 4 nitrogen and oxygen atoms in total. The van der Waals surface area contributed by atoms with E-state index in [1.807, 2.05) is 31.4 Å². The minimum atomic E-state index is -0.956. The highest BCUT2D eigenvalue weighted by Crippen LogP contribution is 2.33. The molecule has 20 heavy (non-hydrogen) atoms. The number of fused-ring (bicyclic) bond motifs is 1. The van der Waals surface area contributed by atoms with Crippen molar-refractivity contribution in [3.63, 3.8) is 0 Å². The number of carbonyl (C=O) groups excluding carboxylic acids is 1. The molecular weight excluding hydrogens is 254 g/mol. The number of carbonyl (C=O) groups is 2. The van der Waals surface area contributed by atoms with Crippen LogP contribution in [-0.4, -0.2) is 21.4 Å². The molecule has 2 rings (SSSR count). The first-order valence-electron chi connectivity index (χ1n) is 6.65. The lowest BCUT2D eigenvalue weighted by Crippen LogP contribution is -2.08. The predicted octanol–water partition coefficient (Wildman–Crippen LogP) is 3.74. The maximum atomic E-state index is 11.9. The standard InChI is InChI=1S/C16H19NO3/c1-8(2)17-10(4)14(11(5)18)12-7-6-9(3)13(15(12)17)16(19)20/h6-8H,1-5H3,(H,19,20). The predicted molar refractivity (Wildman–Crippen MR) is 78.8 cm³/mol. The van der Waals surface area contributed by atoms with Crippen LogP contribution in [0, 0.1) is 13.8 Å². The summed E-state index contributed by atoms with van der Waals surface area (Å²) in [5, 5.41) is 10.2. The van der Waals surface area contributed by atoms with Gasteiger partial charge < -0.3 is 9.67 Å². The number of Topliss-reactive ketones (excluding diaryl/α,β-unsaturated/α-hetero) is 1. The van der Waals surface area contributed by atoms with Gasteiger partial charge in [0.25, 0.3) is 0 Å². The smallest absolute Gasteiger partial charge is 0.338 e. The second-order valence-corrected chi connectivity index (χ2v) is 5.44. The normalized spacial score (nSPS) is 11.3. The number of carboxylic acid groups (broad SMARTS) is 1. The molecule has 1 aromatic heterocycles. The van der Waals surface area contributed by atoms with Gasteiger partial charge >= 0.3 is 5.97 Å². The average molecular weight is 273 g/mol. The number of benzene rings is 1. The van der Waals surface area contributed by atoms with Crippen molar-refractivity contribution >= 4 is 22.7 Å². The Morgan fingerprint density at radius 1 is 1.15 bits per heavy atom. The molecule has 0 radical (unpaired) electrons. The maximum absolute atomic E-state index is 11.9. The SMILES string of the molecule is CC(=O)c1c(C)n(C(C)C)c2c(C(=O)O)c(C)ccc12. The molecule has 1 N–H and O–H groups in total. The zero-order valence-electron chi connectivity index (χ0n) is 12.4. The summed E-state index contributed by atoms with van der Waals surface area (Å²) in [6.07, 6.45) is 0. The van der Waals surface area contributed by atoms with E-state index < -0.39 is 5.97 Å². The Hall–Kier alpha value is -2.10. The molecule has 0 fully saturated rings. The van der Waals surface area contributed by atoms with Crippen LogP contribution in [0.4, 0.5) is 0 Å². The van der Waals surface area contributed by atoms with Crippen LogP contribution in [0.25, 0.3) is 10.9 Å². The van der Waals surface area contributed by atoms with E-state index in [1.165, 1.54) is 6.92 Å². The Labute approximate surface area is 118 Å². The summed E-state index contributed by atoms with van der Waals surface area (Å²) in [4.78, 5) is 23.5. The summed E-state index contributed by atoms with van der Waals surface area (Å²) >= 11 is 0. The molecule has 1 heterocycles. The van der Waals surface area contributed by atoms with Gasteiger partial charge in [-0.3, -0.25) is 4.79 Å². The maximum Gasteiger partial charge on any atom is 0.338 e. The fourth-order valence-corrected chi connectivity index (χ4v) is 2.99. The molecule has 2 aromatic rings. The lowest BCUT2D eigenvalue weighted by molar-refractivity contribution is 0.0697. The molecule has 0 saturated carbocycles. The summed E-state index contributed by atoms with van der Waals surface area (Å²) in [6, 6.07) is 3.70. The van der Waals surface area contributed by atoms with E-state index in [9.17, 15) is 14.7 Å². The van der Waals surface area contributed by atoms with Gasteiger partial charge in [-0.15, -0.1) is 0 Å². The van der Waals surface area contributed by atoms with Gasteiger partial charge in [0.2, 0.25) is 0 Å². The number of carboxylic acids is 1. The van der Waals surface area contributed by atoms with Crippen LogP contribution >= 0.6 is 0 Å². The average Bonchev–Trinajstić information content (AvgIpc) is 2.60. The van der Waals surface area contributed by atoms with Crippen LogP contribution in [0.15, 0.2) is 12.1 Å². The van der Waals surface area contributed by atoms with Crippen molar-refractivity contribution in [2.45, 2.75) is 40.7 Å². The van der Waals surface area contributed by atoms with E-state index in [0.717, 1.165) is 11.1 Å². The van der Waals surface area contributed by atoms with Crippen molar-refractivity contribution in [2.75, 3.05) is 0 Å². The second-order valence-electron chi connectivity index (χ2n) is 5.44. The number of nitrogens with zero attached hydrogens (tertiary/aromatic N) is 1. The fourth-order valence-electron chi connectivity index (χ4n) is 2.99. The number of rotatable bonds is 3. The fraction of sp³-hybridized carbons (Fsp3) is 0.375. The Morgan fingerprint density at radius 3 is 2.20 bits per heavy atom. The van der Waals surface area contributed by atoms with E-state index in [-0.39, 0.29) is 17.4 Å². The molecule has 0 unspecified atom stereocenters. The minimum absolute atomic E-state index is 0.0351. The molecule has 0 amide bonds. The molecule has 4 heteroatoms. The molecule has 0 spiro atoms. The van der Waals surface area contributed by atoms with E-state index in [2.05, 4.69) is 0 Å². The third kappa shape index (κ3) is 1.92. The molecular formula is C16H19NO3. The van der Waals surface area contributed by atoms with Gasteiger partial charge in [0, 0.05) is 22.7 Å². The van der Waals surface area contributed by atoms with Crippen LogP contribution in [0.1, 0.15) is 58.8 Å². The third-order valence-corrected chi connectivity index (χ3v) is 3.70. The van der Waals surface area contributed by atoms with E-state index in [1.54, 1.807) is 13.0 Å². The Balaban J connectivity index is 3.09. The lowest BCUT2D eigenvalue weighted by atomic mass is 10.0. The van der Waals surface area contributed by atoms with Crippen molar-refractivity contribution in [3.8, 4) is 0 Å². The van der Waals surface area contributed by atoms with Crippen LogP contribution in [0.3, 0.4) is 0 Å². The molecule has 1 aromatic carbocycles. The lowest BCUT2D eigenvalue weighted by Gasteiger charge is -2.14. The second kappa shape index (κ2) is 4.78. The quantitative estimate of drug-likeness (QED) is 0.867. The molecule has 0 aliphatic carbocycles. The van der Waals surface area contributed by atoms with Crippen molar-refractivity contribution in [2.24, 2.45) is 0 Å². The van der Waals surface area contributed by atoms with Crippen LogP contribution in [-0.2, 0) is 0 Å². The summed E-state index contributed by atoms with van der Waals surface area (Å²) < 4.78 is 1.95. The number of ketones is 1.